The van der Waals surface area contributed by atoms with E-state index in [1.807, 2.05) is 41.7 Å². The van der Waals surface area contributed by atoms with Gasteiger partial charge in [0.15, 0.2) is 0 Å². The third-order valence-corrected chi connectivity index (χ3v) is 9.18. The number of likely N-dealkylation sites (tertiary alicyclic amines) is 1. The number of hydrogen-bond acceptors (Lipinski definition) is 3. The molecule has 0 unspecified atom stereocenters. The standard InChI is InChI=1S/C31H38N2OS/c1-23-11-9-10-16-28(23)29-21-32(22-30-24(2)17-18-35-30)19-26(29)20-33(27-14-7-4-8-15-27)31(34)25-12-5-3-6-13-25/h3,5-6,9-13,16-18,26-27,29H,4,7-8,14-15,19-22H2,1-2H3/t26-,29+/m1/s1. The molecule has 3 nitrogen and oxygen atoms in total. The number of carbonyl (C=O) groups is 1. The Hall–Kier alpha value is -2.43. The van der Waals surface area contributed by atoms with Crippen LogP contribution in [-0.4, -0.2) is 41.4 Å². The van der Waals surface area contributed by atoms with Crippen molar-refractivity contribution in [3.63, 3.8) is 0 Å². The second kappa shape index (κ2) is 11.1. The van der Waals surface area contributed by atoms with Crippen LogP contribution in [0.2, 0.25) is 0 Å². The van der Waals surface area contributed by atoms with Crippen molar-refractivity contribution in [1.82, 2.24) is 9.80 Å². The minimum absolute atomic E-state index is 0.216. The molecule has 4 heteroatoms. The van der Waals surface area contributed by atoms with Gasteiger partial charge >= 0.3 is 0 Å². The van der Waals surface area contributed by atoms with Gasteiger partial charge in [-0.25, -0.2) is 0 Å². The molecule has 1 aromatic heterocycles. The molecule has 2 heterocycles. The molecule has 0 spiro atoms. The maximum atomic E-state index is 13.8. The molecule has 1 saturated heterocycles. The van der Waals surface area contributed by atoms with Crippen LogP contribution in [0.25, 0.3) is 0 Å². The van der Waals surface area contributed by atoms with Crippen LogP contribution < -0.4 is 0 Å². The van der Waals surface area contributed by atoms with Crippen LogP contribution in [0.5, 0.6) is 0 Å². The van der Waals surface area contributed by atoms with E-state index < -0.39 is 0 Å². The van der Waals surface area contributed by atoms with Crippen molar-refractivity contribution in [3.8, 4) is 0 Å². The SMILES string of the molecule is Cc1ccccc1[C@H]1CN(Cc2sccc2C)C[C@@H]1CN(C(=O)c1ccccc1)C1CCCCC1. The number of amides is 1. The fourth-order valence-corrected chi connectivity index (χ4v) is 7.14. The average molecular weight is 487 g/mol. The van der Waals surface area contributed by atoms with Gasteiger partial charge in [0.1, 0.15) is 0 Å². The summed E-state index contributed by atoms with van der Waals surface area (Å²) in [5.74, 6) is 1.10. The van der Waals surface area contributed by atoms with E-state index in [-0.39, 0.29) is 5.91 Å². The van der Waals surface area contributed by atoms with Crippen LogP contribution in [0.4, 0.5) is 0 Å². The molecule has 3 aromatic rings. The minimum Gasteiger partial charge on any atom is -0.335 e. The molecule has 1 amide bonds. The van der Waals surface area contributed by atoms with Crippen molar-refractivity contribution in [1.29, 1.82) is 0 Å². The first kappa shape index (κ1) is 24.3. The van der Waals surface area contributed by atoms with Gasteiger partial charge < -0.3 is 4.90 Å². The summed E-state index contributed by atoms with van der Waals surface area (Å²) in [6.45, 7) is 8.43. The van der Waals surface area contributed by atoms with Crippen molar-refractivity contribution in [2.75, 3.05) is 19.6 Å². The summed E-state index contributed by atoms with van der Waals surface area (Å²) in [4.78, 5) is 20.2. The molecule has 1 aliphatic heterocycles. The Balaban J connectivity index is 1.43. The Kier molecular flexibility index (Phi) is 7.69. The molecule has 5 rings (SSSR count). The Morgan fingerprint density at radius 2 is 1.66 bits per heavy atom. The van der Waals surface area contributed by atoms with Crippen LogP contribution >= 0.6 is 11.3 Å². The van der Waals surface area contributed by atoms with Gasteiger partial charge in [-0.1, -0.05) is 61.7 Å². The maximum absolute atomic E-state index is 13.8. The highest BCUT2D eigenvalue weighted by Crippen LogP contribution is 2.37. The van der Waals surface area contributed by atoms with Gasteiger partial charge in [0.05, 0.1) is 0 Å². The van der Waals surface area contributed by atoms with Crippen molar-refractivity contribution in [3.05, 3.63) is 93.2 Å². The first-order valence-corrected chi connectivity index (χ1v) is 14.1. The number of hydrogen-bond donors (Lipinski definition) is 0. The number of rotatable bonds is 7. The fraction of sp³-hybridized carbons (Fsp3) is 0.452. The number of nitrogens with zero attached hydrogens (tertiary/aromatic N) is 2. The topological polar surface area (TPSA) is 23.6 Å². The van der Waals surface area contributed by atoms with E-state index in [2.05, 4.69) is 59.4 Å². The van der Waals surface area contributed by atoms with Crippen LogP contribution in [0.1, 0.15) is 69.9 Å². The van der Waals surface area contributed by atoms with Gasteiger partial charge in [-0.15, -0.1) is 11.3 Å². The minimum atomic E-state index is 0.216. The first-order valence-electron chi connectivity index (χ1n) is 13.3. The van der Waals surface area contributed by atoms with E-state index >= 15 is 0 Å². The van der Waals surface area contributed by atoms with E-state index in [9.17, 15) is 4.79 Å². The van der Waals surface area contributed by atoms with Crippen LogP contribution in [-0.2, 0) is 6.54 Å². The van der Waals surface area contributed by atoms with E-state index in [1.54, 1.807) is 0 Å². The molecule has 2 atom stereocenters. The largest absolute Gasteiger partial charge is 0.335 e. The zero-order valence-electron chi connectivity index (χ0n) is 21.2. The summed E-state index contributed by atoms with van der Waals surface area (Å²) < 4.78 is 0. The number of aryl methyl sites for hydroxylation is 2. The molecular formula is C31H38N2OS. The van der Waals surface area contributed by atoms with Crippen molar-refractivity contribution >= 4 is 17.2 Å². The highest BCUT2D eigenvalue weighted by molar-refractivity contribution is 7.10. The van der Waals surface area contributed by atoms with Gasteiger partial charge in [-0.2, -0.15) is 0 Å². The molecule has 184 valence electrons. The summed E-state index contributed by atoms with van der Waals surface area (Å²) in [6, 6.07) is 21.4. The molecule has 0 radical (unpaired) electrons. The lowest BCUT2D eigenvalue weighted by molar-refractivity contribution is 0.0588. The Bertz CT molecular complexity index is 1120. The second-order valence-electron chi connectivity index (χ2n) is 10.6. The lowest BCUT2D eigenvalue weighted by Gasteiger charge is -2.37. The number of carbonyl (C=O) groups excluding carboxylic acids is 1. The van der Waals surface area contributed by atoms with Crippen LogP contribution in [0, 0.1) is 19.8 Å². The zero-order chi connectivity index (χ0) is 24.2. The van der Waals surface area contributed by atoms with Crippen molar-refractivity contribution in [2.45, 2.75) is 64.5 Å². The Morgan fingerprint density at radius 1 is 0.914 bits per heavy atom. The zero-order valence-corrected chi connectivity index (χ0v) is 22.0. The average Bonchev–Trinajstić information content (AvgIpc) is 3.49. The number of thiophene rings is 1. The number of benzene rings is 2. The third kappa shape index (κ3) is 5.54. The molecule has 1 saturated carbocycles. The smallest absolute Gasteiger partial charge is 0.254 e. The van der Waals surface area contributed by atoms with Gasteiger partial charge in [0.25, 0.3) is 5.91 Å². The summed E-state index contributed by atoms with van der Waals surface area (Å²) >= 11 is 1.87. The lowest BCUT2D eigenvalue weighted by Crippen LogP contribution is -2.45. The van der Waals surface area contributed by atoms with Gasteiger partial charge in [0.2, 0.25) is 0 Å². The van der Waals surface area contributed by atoms with Crippen molar-refractivity contribution < 1.29 is 4.79 Å². The monoisotopic (exact) mass is 486 g/mol. The molecule has 35 heavy (non-hydrogen) atoms. The van der Waals surface area contributed by atoms with E-state index in [0.29, 0.717) is 17.9 Å². The molecule has 0 bridgehead atoms. The molecule has 2 aliphatic rings. The fourth-order valence-electron chi connectivity index (χ4n) is 6.19. The van der Waals surface area contributed by atoms with Crippen molar-refractivity contribution in [2.24, 2.45) is 5.92 Å². The molecule has 1 aliphatic carbocycles. The van der Waals surface area contributed by atoms with Crippen LogP contribution in [0.15, 0.2) is 66.0 Å². The Morgan fingerprint density at radius 3 is 2.37 bits per heavy atom. The highest BCUT2D eigenvalue weighted by atomic mass is 32.1. The Labute approximate surface area is 214 Å². The van der Waals surface area contributed by atoms with Gasteiger partial charge in [-0.05, 0) is 72.9 Å². The molecule has 2 fully saturated rings. The summed E-state index contributed by atoms with van der Waals surface area (Å²) in [5.41, 5.74) is 5.05. The second-order valence-corrected chi connectivity index (χ2v) is 11.6. The summed E-state index contributed by atoms with van der Waals surface area (Å²) in [7, 11) is 0. The molecular weight excluding hydrogens is 448 g/mol. The first-order chi connectivity index (χ1) is 17.1. The quantitative estimate of drug-likeness (QED) is 0.357. The molecule has 0 N–H and O–H groups in total. The summed E-state index contributed by atoms with van der Waals surface area (Å²) in [6.07, 6.45) is 6.04. The van der Waals surface area contributed by atoms with Gasteiger partial charge in [0, 0.05) is 48.6 Å². The van der Waals surface area contributed by atoms with E-state index in [1.165, 1.54) is 40.8 Å². The maximum Gasteiger partial charge on any atom is 0.254 e. The lowest BCUT2D eigenvalue weighted by atomic mass is 9.85. The highest BCUT2D eigenvalue weighted by Gasteiger charge is 2.38. The van der Waals surface area contributed by atoms with Crippen LogP contribution in [0.3, 0.4) is 0 Å². The third-order valence-electron chi connectivity index (χ3n) is 8.17. The van der Waals surface area contributed by atoms with Gasteiger partial charge in [-0.3, -0.25) is 9.69 Å². The normalized spacial score (nSPS) is 21.3. The molecule has 2 aromatic carbocycles. The van der Waals surface area contributed by atoms with E-state index in [4.69, 9.17) is 0 Å². The predicted molar refractivity (Wildman–Crippen MR) is 146 cm³/mol. The van der Waals surface area contributed by atoms with E-state index in [0.717, 1.165) is 44.6 Å². The predicted octanol–water partition coefficient (Wildman–Crippen LogP) is 7.06. The summed E-state index contributed by atoms with van der Waals surface area (Å²) in [5, 5.41) is 2.21.